The highest BCUT2D eigenvalue weighted by Gasteiger charge is 2.13. The maximum absolute atomic E-state index is 11.9. The van der Waals surface area contributed by atoms with Gasteiger partial charge in [-0.1, -0.05) is 18.2 Å². The van der Waals surface area contributed by atoms with E-state index in [0.717, 1.165) is 15.0 Å². The molecule has 0 bridgehead atoms. The molecule has 0 saturated carbocycles. The Morgan fingerprint density at radius 1 is 1.38 bits per heavy atom. The number of nitrogens with one attached hydrogen (secondary N) is 2. The first-order valence-corrected chi connectivity index (χ1v) is 8.60. The van der Waals surface area contributed by atoms with Gasteiger partial charge in [0.1, 0.15) is 6.10 Å². The highest BCUT2D eigenvalue weighted by molar-refractivity contribution is 7.19. The lowest BCUT2D eigenvalue weighted by Crippen LogP contribution is -2.32. The molecule has 0 aliphatic heterocycles. The predicted molar refractivity (Wildman–Crippen MR) is 96.4 cm³/mol. The van der Waals surface area contributed by atoms with Gasteiger partial charge in [-0.05, 0) is 31.4 Å². The van der Waals surface area contributed by atoms with Crippen molar-refractivity contribution in [2.75, 3.05) is 11.9 Å². The molecule has 2 heterocycles. The van der Waals surface area contributed by atoms with Crippen molar-refractivity contribution in [2.45, 2.75) is 26.0 Å². The number of aliphatic hydroxyl groups excluding tert-OH is 1. The van der Waals surface area contributed by atoms with Crippen molar-refractivity contribution in [3.8, 4) is 0 Å². The molecule has 3 rings (SSSR count). The maximum atomic E-state index is 11.9. The lowest BCUT2D eigenvalue weighted by atomic mass is 10.2. The Labute approximate surface area is 144 Å². The number of amides is 2. The van der Waals surface area contributed by atoms with Crippen LogP contribution < -0.4 is 10.6 Å². The van der Waals surface area contributed by atoms with Crippen LogP contribution in [0.4, 0.5) is 10.5 Å². The van der Waals surface area contributed by atoms with Gasteiger partial charge in [0.25, 0.3) is 0 Å². The molecule has 1 unspecified atom stereocenters. The molecule has 2 amide bonds. The number of thiophene rings is 1. The fourth-order valence-electron chi connectivity index (χ4n) is 2.32. The second-order valence-electron chi connectivity index (χ2n) is 5.84. The summed E-state index contributed by atoms with van der Waals surface area (Å²) in [6.45, 7) is 4.17. The number of anilines is 1. The number of urea groups is 1. The quantitative estimate of drug-likeness (QED) is 0.662. The van der Waals surface area contributed by atoms with Gasteiger partial charge in [0.2, 0.25) is 0 Å². The summed E-state index contributed by atoms with van der Waals surface area (Å²) in [5.74, 6) is 0. The molecular formula is C17H20N4O2S. The van der Waals surface area contributed by atoms with Crippen LogP contribution in [0.5, 0.6) is 0 Å². The van der Waals surface area contributed by atoms with E-state index in [2.05, 4.69) is 15.7 Å². The van der Waals surface area contributed by atoms with Gasteiger partial charge in [-0.2, -0.15) is 5.10 Å². The summed E-state index contributed by atoms with van der Waals surface area (Å²) in [6.07, 6.45) is 2.64. The number of hydrogen-bond donors (Lipinski definition) is 3. The normalized spacial score (nSPS) is 12.5. The summed E-state index contributed by atoms with van der Waals surface area (Å²) < 4.78 is 2.89. The summed E-state index contributed by atoms with van der Waals surface area (Å²) in [6, 6.07) is 9.79. The minimum atomic E-state index is -0.730. The van der Waals surface area contributed by atoms with Gasteiger partial charge < -0.3 is 15.7 Å². The topological polar surface area (TPSA) is 79.2 Å². The smallest absolute Gasteiger partial charge is 0.319 e. The molecule has 0 fully saturated rings. The van der Waals surface area contributed by atoms with E-state index in [9.17, 15) is 9.90 Å². The number of aromatic nitrogens is 2. The molecular weight excluding hydrogens is 324 g/mol. The predicted octanol–water partition coefficient (Wildman–Crippen LogP) is 3.53. The van der Waals surface area contributed by atoms with Gasteiger partial charge in [0, 0.05) is 21.8 Å². The SMILES string of the molecule is CC(C)n1cc(NC(=O)NCC(O)c2cc3ccccc3s2)cn1. The largest absolute Gasteiger partial charge is 0.386 e. The monoisotopic (exact) mass is 344 g/mol. The highest BCUT2D eigenvalue weighted by atomic mass is 32.1. The first-order chi connectivity index (χ1) is 11.5. The summed E-state index contributed by atoms with van der Waals surface area (Å²) in [5.41, 5.74) is 0.623. The van der Waals surface area contributed by atoms with Gasteiger partial charge in [0.05, 0.1) is 18.4 Å². The van der Waals surface area contributed by atoms with E-state index >= 15 is 0 Å². The van der Waals surface area contributed by atoms with E-state index in [1.807, 2.05) is 44.2 Å². The molecule has 0 aliphatic rings. The molecule has 6 nitrogen and oxygen atoms in total. The second kappa shape index (κ2) is 7.02. The summed E-state index contributed by atoms with van der Waals surface area (Å²) in [7, 11) is 0. The number of carbonyl (C=O) groups is 1. The van der Waals surface area contributed by atoms with Crippen LogP contribution in [0, 0.1) is 0 Å². The van der Waals surface area contributed by atoms with Gasteiger partial charge in [0.15, 0.2) is 0 Å². The van der Waals surface area contributed by atoms with Gasteiger partial charge in [-0.3, -0.25) is 4.68 Å². The average Bonchev–Trinajstić information content (AvgIpc) is 3.19. The molecule has 2 aromatic heterocycles. The molecule has 24 heavy (non-hydrogen) atoms. The Morgan fingerprint density at radius 3 is 2.88 bits per heavy atom. The number of benzene rings is 1. The molecule has 1 atom stereocenters. The lowest BCUT2D eigenvalue weighted by molar-refractivity contribution is 0.178. The van der Waals surface area contributed by atoms with Gasteiger partial charge >= 0.3 is 6.03 Å². The molecule has 3 N–H and O–H groups in total. The van der Waals surface area contributed by atoms with Crippen molar-refractivity contribution in [1.29, 1.82) is 0 Å². The Kier molecular flexibility index (Phi) is 4.82. The molecule has 3 aromatic rings. The molecule has 0 spiro atoms. The van der Waals surface area contributed by atoms with E-state index in [4.69, 9.17) is 0 Å². The third kappa shape index (κ3) is 3.74. The van der Waals surface area contributed by atoms with Crippen LogP contribution in [0.25, 0.3) is 10.1 Å². The lowest BCUT2D eigenvalue weighted by Gasteiger charge is -2.10. The third-order valence-electron chi connectivity index (χ3n) is 3.62. The van der Waals surface area contributed by atoms with Gasteiger partial charge in [-0.15, -0.1) is 11.3 Å². The Morgan fingerprint density at radius 2 is 2.17 bits per heavy atom. The van der Waals surface area contributed by atoms with Gasteiger partial charge in [-0.25, -0.2) is 4.79 Å². The fourth-order valence-corrected chi connectivity index (χ4v) is 3.37. The third-order valence-corrected chi connectivity index (χ3v) is 4.83. The Hall–Kier alpha value is -2.38. The number of rotatable bonds is 5. The number of nitrogens with zero attached hydrogens (tertiary/aromatic N) is 2. The van der Waals surface area contributed by atoms with Crippen molar-refractivity contribution in [3.63, 3.8) is 0 Å². The van der Waals surface area contributed by atoms with Crippen LogP contribution in [-0.4, -0.2) is 27.5 Å². The van der Waals surface area contributed by atoms with Crippen LogP contribution in [-0.2, 0) is 0 Å². The van der Waals surface area contributed by atoms with Crippen molar-refractivity contribution in [2.24, 2.45) is 0 Å². The minimum Gasteiger partial charge on any atom is -0.386 e. The molecule has 0 saturated heterocycles. The highest BCUT2D eigenvalue weighted by Crippen LogP contribution is 2.29. The van der Waals surface area contributed by atoms with E-state index in [1.165, 1.54) is 11.3 Å². The number of aliphatic hydroxyl groups is 1. The average molecular weight is 344 g/mol. The Balaban J connectivity index is 1.55. The molecule has 0 radical (unpaired) electrons. The van der Waals surface area contributed by atoms with Crippen LogP contribution in [0.1, 0.15) is 30.9 Å². The number of fused-ring (bicyclic) bond motifs is 1. The molecule has 126 valence electrons. The molecule has 1 aromatic carbocycles. The maximum Gasteiger partial charge on any atom is 0.319 e. The van der Waals surface area contributed by atoms with Crippen molar-refractivity contribution < 1.29 is 9.90 Å². The molecule has 7 heteroatoms. The van der Waals surface area contributed by atoms with E-state index in [-0.39, 0.29) is 18.6 Å². The zero-order valence-electron chi connectivity index (χ0n) is 13.6. The summed E-state index contributed by atoms with van der Waals surface area (Å²) in [5, 5.41) is 20.9. The zero-order valence-corrected chi connectivity index (χ0v) is 14.4. The fraction of sp³-hybridized carbons (Fsp3) is 0.294. The number of carbonyl (C=O) groups excluding carboxylic acids is 1. The Bertz CT molecular complexity index is 807. The summed E-state index contributed by atoms with van der Waals surface area (Å²) in [4.78, 5) is 12.8. The minimum absolute atomic E-state index is 0.150. The molecule has 0 aliphatic carbocycles. The van der Waals surface area contributed by atoms with Crippen molar-refractivity contribution in [3.05, 3.63) is 47.6 Å². The van der Waals surface area contributed by atoms with Crippen LogP contribution >= 0.6 is 11.3 Å². The summed E-state index contributed by atoms with van der Waals surface area (Å²) >= 11 is 1.53. The first kappa shape index (κ1) is 16.5. The van der Waals surface area contributed by atoms with E-state index in [0.29, 0.717) is 5.69 Å². The zero-order chi connectivity index (χ0) is 17.1. The van der Waals surface area contributed by atoms with E-state index < -0.39 is 6.10 Å². The number of hydrogen-bond acceptors (Lipinski definition) is 4. The van der Waals surface area contributed by atoms with E-state index in [1.54, 1.807) is 17.1 Å². The standard InChI is InChI=1S/C17H20N4O2S/c1-11(2)21-10-13(8-19-21)20-17(23)18-9-14(22)16-7-12-5-3-4-6-15(12)24-16/h3-8,10-11,14,22H,9H2,1-2H3,(H2,18,20,23). The van der Waals surface area contributed by atoms with Crippen LogP contribution in [0.15, 0.2) is 42.7 Å². The van der Waals surface area contributed by atoms with Crippen molar-refractivity contribution >= 4 is 33.1 Å². The van der Waals surface area contributed by atoms with Crippen LogP contribution in [0.2, 0.25) is 0 Å². The van der Waals surface area contributed by atoms with Crippen LogP contribution in [0.3, 0.4) is 0 Å². The first-order valence-electron chi connectivity index (χ1n) is 7.78. The van der Waals surface area contributed by atoms with Crippen molar-refractivity contribution in [1.82, 2.24) is 15.1 Å². The second-order valence-corrected chi connectivity index (χ2v) is 6.96.